The Bertz CT molecular complexity index is 642. The SMILES string of the molecule is CCNC(=NCc1ccc(CN2CCC(O)CC2)cc1)NCCCOC1CCCCC1.I. The van der Waals surface area contributed by atoms with E-state index in [1.54, 1.807) is 0 Å². The molecule has 0 spiro atoms. The molecule has 0 radical (unpaired) electrons. The van der Waals surface area contributed by atoms with Crippen molar-refractivity contribution >= 4 is 29.9 Å². The lowest BCUT2D eigenvalue weighted by molar-refractivity contribution is 0.0277. The van der Waals surface area contributed by atoms with E-state index >= 15 is 0 Å². The molecule has 182 valence electrons. The highest BCUT2D eigenvalue weighted by Gasteiger charge is 2.16. The quantitative estimate of drug-likeness (QED) is 0.175. The van der Waals surface area contributed by atoms with E-state index in [-0.39, 0.29) is 30.1 Å². The Morgan fingerprint density at radius 1 is 1.03 bits per heavy atom. The van der Waals surface area contributed by atoms with Crippen molar-refractivity contribution in [3.63, 3.8) is 0 Å². The third-order valence-electron chi connectivity index (χ3n) is 6.27. The molecule has 0 amide bonds. The first-order valence-corrected chi connectivity index (χ1v) is 12.3. The zero-order valence-corrected chi connectivity index (χ0v) is 22.1. The van der Waals surface area contributed by atoms with Crippen LogP contribution in [0.15, 0.2) is 29.3 Å². The van der Waals surface area contributed by atoms with Crippen molar-refractivity contribution in [2.45, 2.75) is 83.6 Å². The highest BCUT2D eigenvalue weighted by atomic mass is 127. The second-order valence-corrected chi connectivity index (χ2v) is 8.93. The second-order valence-electron chi connectivity index (χ2n) is 8.93. The molecule has 1 saturated heterocycles. The molecule has 2 aliphatic rings. The van der Waals surface area contributed by atoms with Gasteiger partial charge in [0, 0.05) is 39.3 Å². The number of benzene rings is 1. The van der Waals surface area contributed by atoms with Gasteiger partial charge >= 0.3 is 0 Å². The molecule has 32 heavy (non-hydrogen) atoms. The van der Waals surface area contributed by atoms with E-state index in [9.17, 15) is 5.11 Å². The van der Waals surface area contributed by atoms with E-state index in [2.05, 4.69) is 46.7 Å². The number of piperidine rings is 1. The standard InChI is InChI=1S/C25H42N4O2.HI/c1-2-26-25(27-15-6-18-31-24-7-4-3-5-8-24)28-19-21-9-11-22(12-10-21)20-29-16-13-23(30)14-17-29;/h9-12,23-24,30H,2-8,13-20H2,1H3,(H2,26,27,28);1H. The summed E-state index contributed by atoms with van der Waals surface area (Å²) in [5, 5.41) is 16.4. The number of nitrogens with zero attached hydrogens (tertiary/aromatic N) is 2. The number of guanidine groups is 1. The number of nitrogens with one attached hydrogen (secondary N) is 2. The van der Waals surface area contributed by atoms with Crippen LogP contribution in [0.1, 0.15) is 69.4 Å². The summed E-state index contributed by atoms with van der Waals surface area (Å²) < 4.78 is 6.01. The van der Waals surface area contributed by atoms with Crippen LogP contribution in [0.3, 0.4) is 0 Å². The Morgan fingerprint density at radius 2 is 1.72 bits per heavy atom. The largest absolute Gasteiger partial charge is 0.393 e. The molecule has 0 bridgehead atoms. The molecule has 1 heterocycles. The average Bonchev–Trinajstić information content (AvgIpc) is 2.80. The predicted octanol–water partition coefficient (Wildman–Crippen LogP) is 4.06. The van der Waals surface area contributed by atoms with Gasteiger partial charge in [0.1, 0.15) is 0 Å². The van der Waals surface area contributed by atoms with Crippen LogP contribution < -0.4 is 10.6 Å². The number of aliphatic imine (C=N–C) groups is 1. The van der Waals surface area contributed by atoms with Gasteiger partial charge in [-0.2, -0.15) is 0 Å². The fourth-order valence-corrected chi connectivity index (χ4v) is 4.36. The number of hydrogen-bond donors (Lipinski definition) is 3. The van der Waals surface area contributed by atoms with Crippen molar-refractivity contribution in [1.82, 2.24) is 15.5 Å². The predicted molar refractivity (Wildman–Crippen MR) is 143 cm³/mol. The molecule has 3 N–H and O–H groups in total. The molecule has 0 unspecified atom stereocenters. The van der Waals surface area contributed by atoms with Crippen LogP contribution in [0, 0.1) is 0 Å². The lowest BCUT2D eigenvalue weighted by Gasteiger charge is -2.29. The van der Waals surface area contributed by atoms with Crippen molar-refractivity contribution < 1.29 is 9.84 Å². The van der Waals surface area contributed by atoms with E-state index in [4.69, 9.17) is 9.73 Å². The maximum Gasteiger partial charge on any atom is 0.191 e. The lowest BCUT2D eigenvalue weighted by Crippen LogP contribution is -2.38. The number of halogens is 1. The molecule has 1 aromatic rings. The Labute approximate surface area is 211 Å². The molecular weight excluding hydrogens is 515 g/mol. The smallest absolute Gasteiger partial charge is 0.191 e. The van der Waals surface area contributed by atoms with E-state index in [1.807, 2.05) is 0 Å². The lowest BCUT2D eigenvalue weighted by atomic mass is 9.98. The molecule has 7 heteroatoms. The summed E-state index contributed by atoms with van der Waals surface area (Å²) in [4.78, 5) is 7.16. The van der Waals surface area contributed by atoms with Gasteiger partial charge in [-0.15, -0.1) is 24.0 Å². The number of aliphatic hydroxyl groups excluding tert-OH is 1. The van der Waals surface area contributed by atoms with E-state index < -0.39 is 0 Å². The maximum absolute atomic E-state index is 9.65. The number of rotatable bonds is 10. The minimum Gasteiger partial charge on any atom is -0.393 e. The number of ether oxygens (including phenoxy) is 1. The first-order chi connectivity index (χ1) is 15.2. The van der Waals surface area contributed by atoms with Crippen molar-refractivity contribution in [2.75, 3.05) is 32.8 Å². The highest BCUT2D eigenvalue weighted by molar-refractivity contribution is 14.0. The fraction of sp³-hybridized carbons (Fsp3) is 0.720. The van der Waals surface area contributed by atoms with Crippen LogP contribution in [0.25, 0.3) is 0 Å². The molecule has 1 aromatic carbocycles. The molecule has 2 fully saturated rings. The summed E-state index contributed by atoms with van der Waals surface area (Å²) in [6, 6.07) is 8.77. The van der Waals surface area contributed by atoms with Gasteiger partial charge in [-0.05, 0) is 50.2 Å². The van der Waals surface area contributed by atoms with Gasteiger partial charge in [-0.1, -0.05) is 43.5 Å². The molecule has 0 atom stereocenters. The van der Waals surface area contributed by atoms with Gasteiger partial charge in [-0.25, -0.2) is 4.99 Å². The second kappa shape index (κ2) is 15.9. The van der Waals surface area contributed by atoms with Crippen molar-refractivity contribution in [1.29, 1.82) is 0 Å². The van der Waals surface area contributed by atoms with Crippen molar-refractivity contribution in [3.05, 3.63) is 35.4 Å². The molecule has 1 saturated carbocycles. The maximum atomic E-state index is 9.65. The molecule has 1 aliphatic carbocycles. The first kappa shape index (κ1) is 27.3. The highest BCUT2D eigenvalue weighted by Crippen LogP contribution is 2.20. The Morgan fingerprint density at radius 3 is 2.41 bits per heavy atom. The molecule has 1 aliphatic heterocycles. The zero-order chi connectivity index (χ0) is 21.7. The van der Waals surface area contributed by atoms with Crippen molar-refractivity contribution in [3.8, 4) is 0 Å². The van der Waals surface area contributed by atoms with Crippen LogP contribution in [0.5, 0.6) is 0 Å². The van der Waals surface area contributed by atoms with Gasteiger partial charge in [-0.3, -0.25) is 4.90 Å². The average molecular weight is 559 g/mol. The number of aliphatic hydroxyl groups is 1. The van der Waals surface area contributed by atoms with Crippen LogP contribution >= 0.6 is 24.0 Å². The summed E-state index contributed by atoms with van der Waals surface area (Å²) >= 11 is 0. The zero-order valence-electron chi connectivity index (χ0n) is 19.7. The van der Waals surface area contributed by atoms with E-state index in [1.165, 1.54) is 43.2 Å². The van der Waals surface area contributed by atoms with Crippen LogP contribution in [-0.2, 0) is 17.8 Å². The topological polar surface area (TPSA) is 69.1 Å². The van der Waals surface area contributed by atoms with E-state index in [0.29, 0.717) is 12.6 Å². The molecule has 0 aromatic heterocycles. The Kier molecular flexibility index (Phi) is 13.5. The number of hydrogen-bond acceptors (Lipinski definition) is 4. The van der Waals surface area contributed by atoms with Gasteiger partial charge in [0.2, 0.25) is 0 Å². The normalized spacial score (nSPS) is 18.9. The first-order valence-electron chi connectivity index (χ1n) is 12.3. The van der Waals surface area contributed by atoms with Gasteiger partial charge < -0.3 is 20.5 Å². The summed E-state index contributed by atoms with van der Waals surface area (Å²) in [7, 11) is 0. The van der Waals surface area contributed by atoms with E-state index in [0.717, 1.165) is 64.6 Å². The number of likely N-dealkylation sites (tertiary alicyclic amines) is 1. The Balaban J connectivity index is 0.00000363. The monoisotopic (exact) mass is 558 g/mol. The van der Waals surface area contributed by atoms with Crippen LogP contribution in [-0.4, -0.2) is 61.0 Å². The fourth-order valence-electron chi connectivity index (χ4n) is 4.36. The van der Waals surface area contributed by atoms with Crippen molar-refractivity contribution in [2.24, 2.45) is 4.99 Å². The summed E-state index contributed by atoms with van der Waals surface area (Å²) in [6.07, 6.45) is 9.64. The minimum absolute atomic E-state index is 0. The Hall–Kier alpha value is -0.900. The van der Waals surface area contributed by atoms with Gasteiger partial charge in [0.15, 0.2) is 5.96 Å². The summed E-state index contributed by atoms with van der Waals surface area (Å²) in [6.45, 7) is 8.25. The third-order valence-corrected chi connectivity index (χ3v) is 6.27. The van der Waals surface area contributed by atoms with Crippen LogP contribution in [0.4, 0.5) is 0 Å². The summed E-state index contributed by atoms with van der Waals surface area (Å²) in [5.74, 6) is 0.871. The third kappa shape index (κ3) is 10.4. The van der Waals surface area contributed by atoms with Crippen LogP contribution in [0.2, 0.25) is 0 Å². The molecule has 3 rings (SSSR count). The van der Waals surface area contributed by atoms with Gasteiger partial charge in [0.25, 0.3) is 0 Å². The minimum atomic E-state index is -0.111. The molecular formula is C25H43IN4O2. The molecule has 6 nitrogen and oxygen atoms in total. The summed E-state index contributed by atoms with van der Waals surface area (Å²) in [5.41, 5.74) is 2.54. The van der Waals surface area contributed by atoms with Gasteiger partial charge in [0.05, 0.1) is 18.8 Å².